The first-order chi connectivity index (χ1) is 21.1. The number of halogens is 1. The highest BCUT2D eigenvalue weighted by atomic mass is 19.1. The van der Waals surface area contributed by atoms with Crippen molar-refractivity contribution in [2.24, 2.45) is 0 Å². The van der Waals surface area contributed by atoms with Crippen LogP contribution < -0.4 is 9.47 Å². The minimum absolute atomic E-state index is 0.0741. The van der Waals surface area contributed by atoms with Gasteiger partial charge in [0.1, 0.15) is 12.7 Å². The summed E-state index contributed by atoms with van der Waals surface area (Å²) in [6, 6.07) is 4.54. The largest absolute Gasteiger partial charge is 0.488 e. The van der Waals surface area contributed by atoms with E-state index in [1.165, 1.54) is 13.0 Å². The topological polar surface area (TPSA) is 151 Å². The third-order valence-electron chi connectivity index (χ3n) is 6.64. The maximum atomic E-state index is 14.9. The molecular weight excluding hydrogens is 595 g/mol. The molecule has 0 N–H and O–H groups in total. The predicted molar refractivity (Wildman–Crippen MR) is 155 cm³/mol. The van der Waals surface area contributed by atoms with E-state index < -0.39 is 67.0 Å². The fraction of sp³-hybridized carbons (Fsp3) is 0.581. The second-order valence-electron chi connectivity index (χ2n) is 11.2. The lowest BCUT2D eigenvalue weighted by molar-refractivity contribution is -0.289. The molecule has 0 amide bonds. The first-order valence-electron chi connectivity index (χ1n) is 14.6. The Labute approximate surface area is 261 Å². The van der Waals surface area contributed by atoms with Crippen molar-refractivity contribution < 1.29 is 56.7 Å². The lowest BCUT2D eigenvalue weighted by Gasteiger charge is -2.43. The summed E-state index contributed by atoms with van der Waals surface area (Å²) in [5.41, 5.74) is 1.89. The summed E-state index contributed by atoms with van der Waals surface area (Å²) in [7, 11) is 0. The van der Waals surface area contributed by atoms with Gasteiger partial charge >= 0.3 is 23.9 Å². The highest BCUT2D eigenvalue weighted by molar-refractivity contribution is 5.68. The number of carbonyl (C=O) groups is 4. The zero-order valence-electron chi connectivity index (χ0n) is 27.0. The van der Waals surface area contributed by atoms with Gasteiger partial charge in [-0.2, -0.15) is 0 Å². The van der Waals surface area contributed by atoms with Crippen LogP contribution in [-0.4, -0.2) is 77.1 Å². The monoisotopic (exact) mass is 636 g/mol. The molecule has 1 unspecified atom stereocenters. The van der Waals surface area contributed by atoms with E-state index >= 15 is 0 Å². The van der Waals surface area contributed by atoms with Crippen LogP contribution in [0.15, 0.2) is 18.2 Å². The van der Waals surface area contributed by atoms with Crippen LogP contribution in [0.5, 0.6) is 11.6 Å². The number of hydrogen-bond acceptors (Lipinski definition) is 12. The predicted octanol–water partition coefficient (Wildman–Crippen LogP) is 3.75. The number of benzene rings is 1. The van der Waals surface area contributed by atoms with Crippen molar-refractivity contribution in [3.8, 4) is 11.6 Å². The van der Waals surface area contributed by atoms with Crippen LogP contribution >= 0.6 is 0 Å². The molecule has 0 bridgehead atoms. The molecule has 2 heterocycles. The van der Waals surface area contributed by atoms with Crippen molar-refractivity contribution in [1.82, 2.24) is 9.78 Å². The van der Waals surface area contributed by atoms with Crippen LogP contribution in [0.3, 0.4) is 0 Å². The van der Waals surface area contributed by atoms with E-state index in [0.717, 1.165) is 20.8 Å². The molecule has 45 heavy (non-hydrogen) atoms. The van der Waals surface area contributed by atoms with E-state index in [1.807, 2.05) is 20.8 Å². The molecule has 3 rings (SSSR count). The Morgan fingerprint density at radius 1 is 0.911 bits per heavy atom. The zero-order valence-corrected chi connectivity index (χ0v) is 27.0. The molecule has 1 aromatic heterocycles. The van der Waals surface area contributed by atoms with E-state index in [4.69, 9.17) is 33.2 Å². The van der Waals surface area contributed by atoms with Gasteiger partial charge in [-0.3, -0.25) is 23.9 Å². The van der Waals surface area contributed by atoms with Crippen molar-refractivity contribution in [1.29, 1.82) is 0 Å². The van der Waals surface area contributed by atoms with E-state index in [-0.39, 0.29) is 30.2 Å². The summed E-state index contributed by atoms with van der Waals surface area (Å²) < 4.78 is 56.0. The van der Waals surface area contributed by atoms with Gasteiger partial charge in [0.2, 0.25) is 18.3 Å². The third kappa shape index (κ3) is 9.40. The van der Waals surface area contributed by atoms with Gasteiger partial charge in [-0.15, -0.1) is 5.10 Å². The average Bonchev–Trinajstić information content (AvgIpc) is 3.21. The molecule has 0 saturated carbocycles. The zero-order chi connectivity index (χ0) is 33.6. The van der Waals surface area contributed by atoms with Crippen LogP contribution in [0.4, 0.5) is 4.39 Å². The molecule has 1 saturated heterocycles. The minimum Gasteiger partial charge on any atom is -0.488 e. The maximum absolute atomic E-state index is 14.9. The fourth-order valence-electron chi connectivity index (χ4n) is 4.93. The van der Waals surface area contributed by atoms with E-state index in [2.05, 4.69) is 5.10 Å². The number of aromatic nitrogens is 2. The lowest BCUT2D eigenvalue weighted by Crippen LogP contribution is -2.63. The number of rotatable bonds is 12. The average molecular weight is 637 g/mol. The highest BCUT2D eigenvalue weighted by Gasteiger charge is 2.53. The first kappa shape index (κ1) is 35.3. The molecular formula is C31H41FN2O11. The SMILES string of the molecule is CC(=O)OCC1O[C@@H](Oc2nn(C(C)C)c(C)c2Cc2ccc(OC(C)C)c(F)c2)[C@H](OC(C)=O)[C@@H](OC(C)=O)[C@@H]1OC(C)=O. The van der Waals surface area contributed by atoms with Gasteiger partial charge in [-0.25, -0.2) is 4.39 Å². The Morgan fingerprint density at radius 3 is 2.04 bits per heavy atom. The Bertz CT molecular complexity index is 1390. The molecule has 0 aliphatic carbocycles. The Kier molecular flexibility index (Phi) is 11.9. The van der Waals surface area contributed by atoms with Gasteiger partial charge in [0.05, 0.1) is 6.10 Å². The van der Waals surface area contributed by atoms with Gasteiger partial charge in [-0.05, 0) is 52.3 Å². The standard InChI is InChI=1S/C31H41FN2O11/c1-15(2)34-17(5)23(12-22-10-11-25(24(32)13-22)40-16(3)4)30(33-34)45-31-29(43-21(9)38)28(42-20(8)37)27(41-19(7)36)26(44-31)14-39-18(6)35/h10-11,13,15-16,26-29,31H,12,14H2,1-9H3/t26?,27-,28+,29-,31+/m1/s1. The Hall–Kier alpha value is -4.20. The van der Waals surface area contributed by atoms with Crippen LogP contribution in [0.25, 0.3) is 0 Å². The van der Waals surface area contributed by atoms with Crippen LogP contribution in [-0.2, 0) is 49.3 Å². The van der Waals surface area contributed by atoms with E-state index in [1.54, 1.807) is 30.7 Å². The second kappa shape index (κ2) is 15.2. The minimum atomic E-state index is -1.47. The lowest BCUT2D eigenvalue weighted by atomic mass is 9.98. The van der Waals surface area contributed by atoms with Crippen LogP contribution in [0.1, 0.15) is 78.3 Å². The van der Waals surface area contributed by atoms with Crippen molar-refractivity contribution in [3.05, 3.63) is 40.8 Å². The van der Waals surface area contributed by atoms with Crippen LogP contribution in [0.2, 0.25) is 0 Å². The summed E-state index contributed by atoms with van der Waals surface area (Å²) in [6.07, 6.45) is -6.87. The maximum Gasteiger partial charge on any atom is 0.303 e. The summed E-state index contributed by atoms with van der Waals surface area (Å²) in [6.45, 7) is 13.4. The van der Waals surface area contributed by atoms with Crippen molar-refractivity contribution in [2.45, 2.75) is 112 Å². The second-order valence-corrected chi connectivity index (χ2v) is 11.2. The van der Waals surface area contributed by atoms with Crippen molar-refractivity contribution in [2.75, 3.05) is 6.61 Å². The number of nitrogens with zero attached hydrogens (tertiary/aromatic N) is 2. The molecule has 1 aliphatic heterocycles. The normalized spacial score (nSPS) is 21.3. The number of esters is 4. The van der Waals surface area contributed by atoms with Gasteiger partial charge in [0.25, 0.3) is 0 Å². The molecule has 5 atom stereocenters. The molecule has 248 valence electrons. The number of hydrogen-bond donors (Lipinski definition) is 0. The van der Waals surface area contributed by atoms with Crippen molar-refractivity contribution >= 4 is 23.9 Å². The fourth-order valence-corrected chi connectivity index (χ4v) is 4.93. The molecule has 1 fully saturated rings. The smallest absolute Gasteiger partial charge is 0.303 e. The highest BCUT2D eigenvalue weighted by Crippen LogP contribution is 2.34. The Balaban J connectivity index is 2.08. The number of carbonyl (C=O) groups excluding carboxylic acids is 4. The molecule has 1 aromatic carbocycles. The van der Waals surface area contributed by atoms with Gasteiger partial charge in [0.15, 0.2) is 23.8 Å². The quantitative estimate of drug-likeness (QED) is 0.247. The third-order valence-corrected chi connectivity index (χ3v) is 6.64. The Morgan fingerprint density at radius 2 is 1.51 bits per heavy atom. The first-order valence-corrected chi connectivity index (χ1v) is 14.6. The molecule has 1 aliphatic rings. The van der Waals surface area contributed by atoms with E-state index in [0.29, 0.717) is 16.8 Å². The molecule has 13 nitrogen and oxygen atoms in total. The summed E-state index contributed by atoms with van der Waals surface area (Å²) in [5.74, 6) is -3.26. The number of ether oxygens (including phenoxy) is 7. The van der Waals surface area contributed by atoms with Crippen LogP contribution in [0, 0.1) is 12.7 Å². The molecule has 0 spiro atoms. The molecule has 14 heteroatoms. The van der Waals surface area contributed by atoms with Gasteiger partial charge in [-0.1, -0.05) is 6.07 Å². The van der Waals surface area contributed by atoms with Crippen molar-refractivity contribution in [3.63, 3.8) is 0 Å². The summed E-state index contributed by atoms with van der Waals surface area (Å²) in [4.78, 5) is 48.1. The summed E-state index contributed by atoms with van der Waals surface area (Å²) in [5, 5.41) is 4.62. The van der Waals surface area contributed by atoms with Gasteiger partial charge in [0, 0.05) is 51.4 Å². The molecule has 0 radical (unpaired) electrons. The van der Waals surface area contributed by atoms with E-state index in [9.17, 15) is 23.6 Å². The summed E-state index contributed by atoms with van der Waals surface area (Å²) >= 11 is 0. The molecule has 2 aromatic rings. The van der Waals surface area contributed by atoms with Gasteiger partial charge < -0.3 is 33.2 Å².